The molecule has 0 atom stereocenters. The van der Waals surface area contributed by atoms with E-state index >= 15 is 0 Å². The number of aromatic hydroxyl groups is 2. The minimum atomic E-state index is -4.66. The van der Waals surface area contributed by atoms with Crippen molar-refractivity contribution < 1.29 is 33.0 Å². The fourth-order valence-electron chi connectivity index (χ4n) is 2.18. The number of hydrogen-bond donors (Lipinski definition) is 2. The zero-order valence-corrected chi connectivity index (χ0v) is 12.4. The fourth-order valence-corrected chi connectivity index (χ4v) is 2.18. The summed E-state index contributed by atoms with van der Waals surface area (Å²) >= 11 is 0. The lowest BCUT2D eigenvalue weighted by Crippen LogP contribution is -2.06. The van der Waals surface area contributed by atoms with Crippen LogP contribution < -0.4 is 4.74 Å². The molecule has 0 saturated carbocycles. The summed E-state index contributed by atoms with van der Waals surface area (Å²) in [6.45, 7) is 1.29. The first-order valence-electron chi connectivity index (χ1n) is 6.39. The number of hydrogen-bond acceptors (Lipinski definition) is 6. The number of rotatable bonds is 3. The van der Waals surface area contributed by atoms with E-state index in [2.05, 4.69) is 4.98 Å². The van der Waals surface area contributed by atoms with Gasteiger partial charge in [0.1, 0.15) is 5.75 Å². The number of halogens is 3. The van der Waals surface area contributed by atoms with Crippen molar-refractivity contribution in [1.82, 2.24) is 4.98 Å². The van der Waals surface area contributed by atoms with Gasteiger partial charge >= 0.3 is 12.0 Å². The Morgan fingerprint density at radius 2 is 1.88 bits per heavy atom. The number of phenolic OH excluding ortho intramolecular Hbond substituents is 1. The number of aromatic nitrogens is 1. The van der Waals surface area contributed by atoms with Gasteiger partial charge < -0.3 is 25.1 Å². The van der Waals surface area contributed by atoms with Gasteiger partial charge in [-0.05, 0) is 34.5 Å². The topological polar surface area (TPSA) is 106 Å². The van der Waals surface area contributed by atoms with Crippen LogP contribution in [0.1, 0.15) is 11.1 Å². The van der Waals surface area contributed by atoms with Crippen LogP contribution in [0.15, 0.2) is 18.2 Å². The molecule has 1 aromatic carbocycles. The predicted octanol–water partition coefficient (Wildman–Crippen LogP) is 3.40. The zero-order valence-electron chi connectivity index (χ0n) is 12.4. The van der Waals surface area contributed by atoms with Crippen molar-refractivity contribution in [1.29, 1.82) is 0 Å². The Balaban J connectivity index is 2.73. The van der Waals surface area contributed by atoms with E-state index in [1.165, 1.54) is 6.92 Å². The van der Waals surface area contributed by atoms with Crippen LogP contribution in [0.4, 0.5) is 19.0 Å². The third kappa shape index (κ3) is 3.03. The second-order valence-corrected chi connectivity index (χ2v) is 4.82. The third-order valence-corrected chi connectivity index (χ3v) is 3.23. The number of alkyl halides is 3. The van der Waals surface area contributed by atoms with Crippen molar-refractivity contribution in [3.05, 3.63) is 39.4 Å². The molecule has 0 amide bonds. The number of methoxy groups -OCH3 is 1. The van der Waals surface area contributed by atoms with E-state index in [4.69, 9.17) is 4.74 Å². The summed E-state index contributed by atoms with van der Waals surface area (Å²) in [5.74, 6) is -2.82. The average molecular weight is 344 g/mol. The van der Waals surface area contributed by atoms with Crippen molar-refractivity contribution in [3.63, 3.8) is 0 Å². The lowest BCUT2D eigenvalue weighted by molar-refractivity contribution is -0.390. The molecule has 0 saturated heterocycles. The van der Waals surface area contributed by atoms with Gasteiger partial charge in [0.25, 0.3) is 5.75 Å². The second kappa shape index (κ2) is 5.87. The number of nitro groups is 1. The third-order valence-electron chi connectivity index (χ3n) is 3.23. The number of aryl methyl sites for hydroxylation is 1. The first-order valence-corrected chi connectivity index (χ1v) is 6.39. The van der Waals surface area contributed by atoms with Crippen molar-refractivity contribution in [2.45, 2.75) is 13.1 Å². The minimum Gasteiger partial charge on any atom is -0.507 e. The van der Waals surface area contributed by atoms with Crippen molar-refractivity contribution in [3.8, 4) is 28.5 Å². The Labute approximate surface area is 133 Å². The highest BCUT2D eigenvalue weighted by atomic mass is 19.4. The second-order valence-electron chi connectivity index (χ2n) is 4.82. The standard InChI is InChI=1S/C14H11F3N2O5/c1-6-3-7(14(15,16)17)4-9(20)11(6)8-5-10(24-2)12(21)13(18-8)19(22)23/h3-5,20-21H,1-2H3. The van der Waals surface area contributed by atoms with E-state index < -0.39 is 34.0 Å². The van der Waals surface area contributed by atoms with Gasteiger partial charge in [-0.25, -0.2) is 0 Å². The Kier molecular flexibility index (Phi) is 4.24. The molecule has 24 heavy (non-hydrogen) atoms. The van der Waals surface area contributed by atoms with E-state index in [0.717, 1.165) is 19.2 Å². The van der Waals surface area contributed by atoms with E-state index in [0.29, 0.717) is 6.07 Å². The largest absolute Gasteiger partial charge is 0.507 e. The molecule has 2 rings (SSSR count). The Hall–Kier alpha value is -3.04. The summed E-state index contributed by atoms with van der Waals surface area (Å²) in [6, 6.07) is 2.36. The van der Waals surface area contributed by atoms with Gasteiger partial charge in [0.2, 0.25) is 0 Å². The molecule has 128 valence electrons. The van der Waals surface area contributed by atoms with E-state index in [1.54, 1.807) is 0 Å². The van der Waals surface area contributed by atoms with Crippen LogP contribution in [-0.4, -0.2) is 27.2 Å². The van der Waals surface area contributed by atoms with E-state index in [1.807, 2.05) is 0 Å². The molecule has 1 aromatic heterocycles. The van der Waals surface area contributed by atoms with Crippen LogP contribution in [-0.2, 0) is 6.18 Å². The normalized spacial score (nSPS) is 11.4. The molecule has 0 radical (unpaired) electrons. The molecule has 7 nitrogen and oxygen atoms in total. The van der Waals surface area contributed by atoms with Crippen molar-refractivity contribution >= 4 is 5.82 Å². The predicted molar refractivity (Wildman–Crippen MR) is 75.9 cm³/mol. The molecule has 0 bridgehead atoms. The fraction of sp³-hybridized carbons (Fsp3) is 0.214. The maximum absolute atomic E-state index is 12.8. The Morgan fingerprint density at radius 1 is 1.25 bits per heavy atom. The Morgan fingerprint density at radius 3 is 2.33 bits per heavy atom. The van der Waals surface area contributed by atoms with Gasteiger partial charge in [0.15, 0.2) is 11.4 Å². The molecule has 0 aliphatic rings. The molecular formula is C14H11F3N2O5. The summed E-state index contributed by atoms with van der Waals surface area (Å²) < 4.78 is 43.1. The zero-order chi connectivity index (χ0) is 18.2. The van der Waals surface area contributed by atoms with Crippen LogP contribution in [0.5, 0.6) is 17.2 Å². The highest BCUT2D eigenvalue weighted by molar-refractivity contribution is 5.74. The first kappa shape index (κ1) is 17.3. The van der Waals surface area contributed by atoms with Gasteiger partial charge in [-0.15, -0.1) is 0 Å². The number of nitrogens with zero attached hydrogens (tertiary/aromatic N) is 2. The summed E-state index contributed by atoms with van der Waals surface area (Å²) in [4.78, 5) is 13.6. The Bertz CT molecular complexity index is 798. The lowest BCUT2D eigenvalue weighted by Gasteiger charge is -2.12. The van der Waals surface area contributed by atoms with Crippen LogP contribution in [0.2, 0.25) is 0 Å². The first-order chi connectivity index (χ1) is 11.1. The highest BCUT2D eigenvalue weighted by Crippen LogP contribution is 2.42. The lowest BCUT2D eigenvalue weighted by atomic mass is 10.00. The molecule has 10 heteroatoms. The van der Waals surface area contributed by atoms with Gasteiger partial charge in [0, 0.05) is 6.07 Å². The SMILES string of the molecule is COc1cc(-c2c(C)cc(C(F)(F)F)cc2O)nc([N+](=O)[O-])c1O. The summed E-state index contributed by atoms with van der Waals surface area (Å²) in [5.41, 5.74) is -1.41. The molecule has 2 N–H and O–H groups in total. The van der Waals surface area contributed by atoms with E-state index in [9.17, 15) is 33.5 Å². The monoisotopic (exact) mass is 344 g/mol. The maximum atomic E-state index is 12.8. The van der Waals surface area contributed by atoms with Crippen molar-refractivity contribution in [2.75, 3.05) is 7.11 Å². The van der Waals surface area contributed by atoms with Gasteiger partial charge in [-0.3, -0.25) is 0 Å². The quantitative estimate of drug-likeness (QED) is 0.653. The number of pyridine rings is 1. The van der Waals surface area contributed by atoms with Gasteiger partial charge in [0.05, 0.1) is 18.2 Å². The van der Waals surface area contributed by atoms with Crippen LogP contribution in [0, 0.1) is 17.0 Å². The van der Waals surface area contributed by atoms with Gasteiger partial charge in [-0.2, -0.15) is 13.2 Å². The molecule has 0 aliphatic heterocycles. The maximum Gasteiger partial charge on any atom is 0.416 e. The smallest absolute Gasteiger partial charge is 0.416 e. The molecule has 1 heterocycles. The van der Waals surface area contributed by atoms with Crippen molar-refractivity contribution in [2.24, 2.45) is 0 Å². The molecule has 2 aromatic rings. The summed E-state index contributed by atoms with van der Waals surface area (Å²) in [5, 5.41) is 30.6. The number of benzene rings is 1. The molecule has 0 aliphatic carbocycles. The highest BCUT2D eigenvalue weighted by Gasteiger charge is 2.33. The molecule has 0 unspecified atom stereocenters. The van der Waals surface area contributed by atoms with Crippen LogP contribution in [0.25, 0.3) is 11.3 Å². The minimum absolute atomic E-state index is 0.00290. The molecule has 0 spiro atoms. The number of phenols is 1. The average Bonchev–Trinajstić information content (AvgIpc) is 2.46. The number of ether oxygens (including phenoxy) is 1. The van der Waals surface area contributed by atoms with Crippen LogP contribution >= 0.6 is 0 Å². The molecular weight excluding hydrogens is 333 g/mol. The van der Waals surface area contributed by atoms with E-state index in [-0.39, 0.29) is 22.6 Å². The van der Waals surface area contributed by atoms with Gasteiger partial charge in [-0.1, -0.05) is 0 Å². The summed E-state index contributed by atoms with van der Waals surface area (Å²) in [7, 11) is 1.14. The molecule has 0 fully saturated rings. The van der Waals surface area contributed by atoms with Crippen LogP contribution in [0.3, 0.4) is 0 Å². The summed E-state index contributed by atoms with van der Waals surface area (Å²) in [6.07, 6.45) is -4.66.